The molecule has 3 aromatic rings. The van der Waals surface area contributed by atoms with Crippen molar-refractivity contribution in [2.75, 3.05) is 6.54 Å². The molecule has 3 rings (SSSR count). The van der Waals surface area contributed by atoms with E-state index in [-0.39, 0.29) is 24.2 Å². The number of benzene rings is 1. The Hall–Kier alpha value is -3.22. The van der Waals surface area contributed by atoms with Crippen LogP contribution in [-0.4, -0.2) is 22.0 Å². The molecule has 0 aliphatic heterocycles. The molecule has 0 unspecified atom stereocenters. The van der Waals surface area contributed by atoms with Gasteiger partial charge in [-0.2, -0.15) is 0 Å². The van der Waals surface area contributed by atoms with Crippen molar-refractivity contribution in [2.24, 2.45) is 0 Å². The second kappa shape index (κ2) is 6.27. The van der Waals surface area contributed by atoms with Crippen LogP contribution in [0.4, 0.5) is 0 Å². The number of hydrogen-bond donors (Lipinski definition) is 1. The first-order valence-corrected chi connectivity index (χ1v) is 6.97. The van der Waals surface area contributed by atoms with Crippen molar-refractivity contribution in [2.45, 2.75) is 6.54 Å². The standard InChI is InChI=1S/C16H13N3O4/c20-14-5-6-17-10-19(14)8-7-18-15(21)12-9-11-3-1-2-4-13(11)23-16(12)22/h1-6,9-10H,7-8H2,(H,18,21). The average Bonchev–Trinajstić information content (AvgIpc) is 2.56. The molecule has 116 valence electrons. The summed E-state index contributed by atoms with van der Waals surface area (Å²) in [6, 6.07) is 9.78. The van der Waals surface area contributed by atoms with Gasteiger partial charge in [0.05, 0.1) is 6.33 Å². The number of para-hydroxylation sites is 1. The third-order valence-corrected chi connectivity index (χ3v) is 3.32. The number of carbonyl (C=O) groups excluding carboxylic acids is 1. The molecule has 0 bridgehead atoms. The van der Waals surface area contributed by atoms with Gasteiger partial charge >= 0.3 is 5.63 Å². The topological polar surface area (TPSA) is 94.2 Å². The molecule has 0 spiro atoms. The van der Waals surface area contributed by atoms with Crippen LogP contribution in [0.3, 0.4) is 0 Å². The SMILES string of the molecule is O=C(NCCn1cnccc1=O)c1cc2ccccc2oc1=O. The number of nitrogens with one attached hydrogen (secondary N) is 1. The Morgan fingerprint density at radius 2 is 2.04 bits per heavy atom. The van der Waals surface area contributed by atoms with E-state index in [0.29, 0.717) is 11.0 Å². The van der Waals surface area contributed by atoms with E-state index in [1.807, 2.05) is 0 Å². The predicted molar refractivity (Wildman–Crippen MR) is 83.3 cm³/mol. The monoisotopic (exact) mass is 311 g/mol. The number of fused-ring (bicyclic) bond motifs is 1. The Morgan fingerprint density at radius 3 is 2.87 bits per heavy atom. The van der Waals surface area contributed by atoms with E-state index < -0.39 is 11.5 Å². The maximum absolute atomic E-state index is 12.1. The minimum Gasteiger partial charge on any atom is -0.422 e. The van der Waals surface area contributed by atoms with Crippen LogP contribution in [0.25, 0.3) is 11.0 Å². The normalized spacial score (nSPS) is 10.6. The average molecular weight is 311 g/mol. The van der Waals surface area contributed by atoms with E-state index in [2.05, 4.69) is 10.3 Å². The fourth-order valence-corrected chi connectivity index (χ4v) is 2.15. The molecule has 0 radical (unpaired) electrons. The summed E-state index contributed by atoms with van der Waals surface area (Å²) in [4.78, 5) is 39.3. The van der Waals surface area contributed by atoms with Gasteiger partial charge in [-0.1, -0.05) is 18.2 Å². The summed E-state index contributed by atoms with van der Waals surface area (Å²) in [6.07, 6.45) is 2.79. The van der Waals surface area contributed by atoms with Crippen LogP contribution in [0, 0.1) is 0 Å². The molecule has 7 nitrogen and oxygen atoms in total. The lowest BCUT2D eigenvalue weighted by Gasteiger charge is -2.06. The van der Waals surface area contributed by atoms with Crippen molar-refractivity contribution in [1.29, 1.82) is 0 Å². The van der Waals surface area contributed by atoms with E-state index in [1.165, 1.54) is 29.2 Å². The summed E-state index contributed by atoms with van der Waals surface area (Å²) in [5, 5.41) is 3.26. The van der Waals surface area contributed by atoms with E-state index >= 15 is 0 Å². The van der Waals surface area contributed by atoms with Gasteiger partial charge in [0, 0.05) is 30.7 Å². The van der Waals surface area contributed by atoms with Gasteiger partial charge in [-0.15, -0.1) is 0 Å². The number of carbonyl (C=O) groups is 1. The van der Waals surface area contributed by atoms with Crippen molar-refractivity contribution < 1.29 is 9.21 Å². The first-order chi connectivity index (χ1) is 11.1. The van der Waals surface area contributed by atoms with E-state index in [4.69, 9.17) is 4.42 Å². The van der Waals surface area contributed by atoms with Gasteiger partial charge in [0.25, 0.3) is 11.5 Å². The molecule has 7 heteroatoms. The molecule has 1 aromatic carbocycles. The van der Waals surface area contributed by atoms with Gasteiger partial charge in [0.15, 0.2) is 0 Å². The Labute approximate surface area is 130 Å². The van der Waals surface area contributed by atoms with E-state index in [9.17, 15) is 14.4 Å². The lowest BCUT2D eigenvalue weighted by Crippen LogP contribution is -2.33. The van der Waals surface area contributed by atoms with Crippen molar-refractivity contribution in [3.05, 3.63) is 75.3 Å². The van der Waals surface area contributed by atoms with Crippen molar-refractivity contribution >= 4 is 16.9 Å². The summed E-state index contributed by atoms with van der Waals surface area (Å²) in [5.41, 5.74) is -0.544. The van der Waals surface area contributed by atoms with E-state index in [0.717, 1.165) is 0 Å². The molecule has 0 saturated carbocycles. The lowest BCUT2D eigenvalue weighted by atomic mass is 10.2. The number of hydrogen-bond acceptors (Lipinski definition) is 5. The van der Waals surface area contributed by atoms with Gasteiger partial charge in [0.2, 0.25) is 0 Å². The van der Waals surface area contributed by atoms with Crippen LogP contribution in [0.5, 0.6) is 0 Å². The second-order valence-corrected chi connectivity index (χ2v) is 4.85. The maximum Gasteiger partial charge on any atom is 0.349 e. The van der Waals surface area contributed by atoms with Gasteiger partial charge in [-0.05, 0) is 12.1 Å². The largest absolute Gasteiger partial charge is 0.422 e. The highest BCUT2D eigenvalue weighted by atomic mass is 16.4. The number of rotatable bonds is 4. The molecule has 2 aromatic heterocycles. The highest BCUT2D eigenvalue weighted by Gasteiger charge is 2.13. The van der Waals surface area contributed by atoms with Crippen LogP contribution >= 0.6 is 0 Å². The molecular weight excluding hydrogens is 298 g/mol. The van der Waals surface area contributed by atoms with Crippen LogP contribution in [0.2, 0.25) is 0 Å². The zero-order chi connectivity index (χ0) is 16.2. The molecule has 1 N–H and O–H groups in total. The minimum atomic E-state index is -0.695. The molecule has 0 aliphatic carbocycles. The van der Waals surface area contributed by atoms with E-state index in [1.54, 1.807) is 24.3 Å². The second-order valence-electron chi connectivity index (χ2n) is 4.85. The highest BCUT2D eigenvalue weighted by Crippen LogP contribution is 2.12. The zero-order valence-corrected chi connectivity index (χ0v) is 12.1. The van der Waals surface area contributed by atoms with Crippen LogP contribution < -0.4 is 16.5 Å². The fourth-order valence-electron chi connectivity index (χ4n) is 2.15. The molecule has 0 saturated heterocycles. The maximum atomic E-state index is 12.1. The molecule has 23 heavy (non-hydrogen) atoms. The van der Waals surface area contributed by atoms with Crippen LogP contribution in [-0.2, 0) is 6.54 Å². The Morgan fingerprint density at radius 1 is 1.22 bits per heavy atom. The first-order valence-electron chi connectivity index (χ1n) is 6.97. The van der Waals surface area contributed by atoms with Crippen LogP contribution in [0.15, 0.2) is 62.9 Å². The summed E-state index contributed by atoms with van der Waals surface area (Å²) >= 11 is 0. The Balaban J connectivity index is 1.73. The molecule has 1 amide bonds. The minimum absolute atomic E-state index is 0.0674. The Kier molecular flexibility index (Phi) is 4.01. The third kappa shape index (κ3) is 3.18. The molecule has 2 heterocycles. The molecule has 0 fully saturated rings. The third-order valence-electron chi connectivity index (χ3n) is 3.32. The molecule has 0 aliphatic rings. The van der Waals surface area contributed by atoms with Gasteiger partial charge in [-0.25, -0.2) is 9.78 Å². The smallest absolute Gasteiger partial charge is 0.349 e. The number of amides is 1. The number of aromatic nitrogens is 2. The molecule has 0 atom stereocenters. The lowest BCUT2D eigenvalue weighted by molar-refractivity contribution is 0.0948. The quantitative estimate of drug-likeness (QED) is 0.719. The predicted octanol–water partition coefficient (Wildman–Crippen LogP) is 0.780. The summed E-state index contributed by atoms with van der Waals surface area (Å²) in [6.45, 7) is 0.452. The van der Waals surface area contributed by atoms with Crippen molar-refractivity contribution in [3.8, 4) is 0 Å². The summed E-state index contributed by atoms with van der Waals surface area (Å²) in [5.74, 6) is -0.540. The zero-order valence-electron chi connectivity index (χ0n) is 12.1. The van der Waals surface area contributed by atoms with Crippen LogP contribution in [0.1, 0.15) is 10.4 Å². The van der Waals surface area contributed by atoms with Crippen molar-refractivity contribution in [1.82, 2.24) is 14.9 Å². The van der Waals surface area contributed by atoms with Gasteiger partial charge in [-0.3, -0.25) is 14.2 Å². The first kappa shape index (κ1) is 14.7. The van der Waals surface area contributed by atoms with Gasteiger partial charge < -0.3 is 9.73 Å². The summed E-state index contributed by atoms with van der Waals surface area (Å²) in [7, 11) is 0. The fraction of sp³-hybridized carbons (Fsp3) is 0.125. The highest BCUT2D eigenvalue weighted by molar-refractivity contribution is 5.96. The molecular formula is C16H13N3O4. The van der Waals surface area contributed by atoms with Crippen molar-refractivity contribution in [3.63, 3.8) is 0 Å². The number of nitrogens with zero attached hydrogens (tertiary/aromatic N) is 2. The summed E-state index contributed by atoms with van der Waals surface area (Å²) < 4.78 is 6.48. The van der Waals surface area contributed by atoms with Gasteiger partial charge in [0.1, 0.15) is 11.1 Å². The Bertz CT molecular complexity index is 974.